The number of amides is 2. The van der Waals surface area contributed by atoms with Crippen LogP contribution >= 0.6 is 0 Å². The molecule has 2 rings (SSSR count). The van der Waals surface area contributed by atoms with Crippen LogP contribution in [0.5, 0.6) is 11.5 Å². The van der Waals surface area contributed by atoms with Crippen molar-refractivity contribution < 1.29 is 28.7 Å². The van der Waals surface area contributed by atoms with Crippen LogP contribution in [0.25, 0.3) is 0 Å². The van der Waals surface area contributed by atoms with Crippen molar-refractivity contribution in [1.82, 2.24) is 10.6 Å². The molecule has 0 aromatic heterocycles. The van der Waals surface area contributed by atoms with Crippen LogP contribution in [-0.4, -0.2) is 37.8 Å². The number of hydrogen-bond donors (Lipinski definition) is 2. The number of carbonyl (C=O) groups is 2. The summed E-state index contributed by atoms with van der Waals surface area (Å²) in [5.74, 6) is -0.503. The largest absolute Gasteiger partial charge is 0.493 e. The molecule has 0 fully saturated rings. The molecule has 1 atom stereocenters. The number of urea groups is 1. The maximum absolute atomic E-state index is 12.5. The molecule has 1 aromatic carbocycles. The molecule has 0 saturated heterocycles. The number of nitrogens with one attached hydrogen (secondary N) is 2. The van der Waals surface area contributed by atoms with Gasteiger partial charge >= 0.3 is 17.7 Å². The van der Waals surface area contributed by atoms with Gasteiger partial charge in [0, 0.05) is 11.8 Å². The summed E-state index contributed by atoms with van der Waals surface area (Å²) < 4.78 is 15.7. The smallest absolute Gasteiger partial charge is 0.337 e. The highest BCUT2D eigenvalue weighted by Gasteiger charge is 2.35. The number of esters is 1. The van der Waals surface area contributed by atoms with Crippen LogP contribution in [0.15, 0.2) is 23.4 Å². The lowest BCUT2D eigenvalue weighted by atomic mass is 9.93. The van der Waals surface area contributed by atoms with E-state index in [1.165, 1.54) is 26.4 Å². The number of hydrogen-bond acceptors (Lipinski definition) is 7. The maximum atomic E-state index is 12.5. The topological polar surface area (TPSA) is 129 Å². The van der Waals surface area contributed by atoms with Crippen molar-refractivity contribution in [2.75, 3.05) is 20.8 Å². The monoisotopic (exact) mass is 407 g/mol. The standard InChI is InChI=1S/C19H25N3O7/c1-5-7-12-15(18(23)28-4)16(21-19(24)20-12)11-9-13(22(25)26)17(29-8-6-2)14(10-11)27-3/h9-10,16H,5-8H2,1-4H3,(H2,20,21,24). The Morgan fingerprint density at radius 3 is 2.52 bits per heavy atom. The molecular weight excluding hydrogens is 382 g/mol. The van der Waals surface area contributed by atoms with Crippen LogP contribution in [0, 0.1) is 10.1 Å². The molecule has 1 aromatic rings. The highest BCUT2D eigenvalue weighted by atomic mass is 16.6. The zero-order valence-corrected chi connectivity index (χ0v) is 16.9. The number of methoxy groups -OCH3 is 2. The molecule has 2 amide bonds. The van der Waals surface area contributed by atoms with Gasteiger partial charge in [-0.25, -0.2) is 9.59 Å². The minimum absolute atomic E-state index is 0.000685. The molecular formula is C19H25N3O7. The van der Waals surface area contributed by atoms with Crippen molar-refractivity contribution in [1.29, 1.82) is 0 Å². The number of benzene rings is 1. The van der Waals surface area contributed by atoms with Gasteiger partial charge in [-0.15, -0.1) is 0 Å². The lowest BCUT2D eigenvalue weighted by Crippen LogP contribution is -2.45. The van der Waals surface area contributed by atoms with E-state index in [2.05, 4.69) is 10.6 Å². The first-order valence-electron chi connectivity index (χ1n) is 9.25. The van der Waals surface area contributed by atoms with E-state index in [9.17, 15) is 19.7 Å². The lowest BCUT2D eigenvalue weighted by Gasteiger charge is -2.29. The van der Waals surface area contributed by atoms with Crippen molar-refractivity contribution in [2.45, 2.75) is 39.2 Å². The highest BCUT2D eigenvalue weighted by Crippen LogP contribution is 2.42. The van der Waals surface area contributed by atoms with Gasteiger partial charge in [0.15, 0.2) is 5.75 Å². The molecule has 0 bridgehead atoms. The van der Waals surface area contributed by atoms with Gasteiger partial charge in [0.1, 0.15) is 0 Å². The summed E-state index contributed by atoms with van der Waals surface area (Å²) in [6.07, 6.45) is 1.77. The fourth-order valence-electron chi connectivity index (χ4n) is 3.08. The highest BCUT2D eigenvalue weighted by molar-refractivity contribution is 5.95. The quantitative estimate of drug-likeness (QED) is 0.366. The van der Waals surface area contributed by atoms with E-state index in [1.54, 1.807) is 0 Å². The van der Waals surface area contributed by atoms with Crippen molar-refractivity contribution in [3.63, 3.8) is 0 Å². The lowest BCUT2D eigenvalue weighted by molar-refractivity contribution is -0.386. The van der Waals surface area contributed by atoms with Crippen LogP contribution < -0.4 is 20.1 Å². The minimum Gasteiger partial charge on any atom is -0.493 e. The summed E-state index contributed by atoms with van der Waals surface area (Å²) in [7, 11) is 2.60. The average molecular weight is 407 g/mol. The number of rotatable bonds is 9. The van der Waals surface area contributed by atoms with Crippen molar-refractivity contribution in [2.24, 2.45) is 0 Å². The molecule has 0 aliphatic carbocycles. The molecule has 0 spiro atoms. The molecule has 1 aliphatic heterocycles. The summed E-state index contributed by atoms with van der Waals surface area (Å²) in [6, 6.07) is 1.33. The second-order valence-electron chi connectivity index (χ2n) is 6.34. The molecule has 158 valence electrons. The van der Waals surface area contributed by atoms with Gasteiger partial charge in [0.25, 0.3) is 0 Å². The Morgan fingerprint density at radius 2 is 1.97 bits per heavy atom. The van der Waals surface area contributed by atoms with Crippen LogP contribution in [0.2, 0.25) is 0 Å². The molecule has 1 aliphatic rings. The van der Waals surface area contributed by atoms with Gasteiger partial charge < -0.3 is 24.8 Å². The van der Waals surface area contributed by atoms with E-state index in [1.807, 2.05) is 13.8 Å². The first kappa shape index (κ1) is 22.0. The fourth-order valence-corrected chi connectivity index (χ4v) is 3.08. The third-order valence-electron chi connectivity index (χ3n) is 4.32. The Morgan fingerprint density at radius 1 is 1.24 bits per heavy atom. The summed E-state index contributed by atoms with van der Waals surface area (Å²) in [4.78, 5) is 35.7. The number of nitro benzene ring substituents is 1. The summed E-state index contributed by atoms with van der Waals surface area (Å²) in [5.41, 5.74) is 0.594. The summed E-state index contributed by atoms with van der Waals surface area (Å²) in [6.45, 7) is 4.05. The molecule has 1 heterocycles. The Labute approximate surface area is 168 Å². The van der Waals surface area contributed by atoms with Crippen molar-refractivity contribution in [3.05, 3.63) is 39.1 Å². The second kappa shape index (κ2) is 9.76. The molecule has 10 nitrogen and oxygen atoms in total. The van der Waals surface area contributed by atoms with E-state index < -0.39 is 23.0 Å². The second-order valence-corrected chi connectivity index (χ2v) is 6.34. The predicted molar refractivity (Wildman–Crippen MR) is 104 cm³/mol. The van der Waals surface area contributed by atoms with Crippen LogP contribution in [0.4, 0.5) is 10.5 Å². The van der Waals surface area contributed by atoms with Crippen LogP contribution in [0.3, 0.4) is 0 Å². The number of nitro groups is 1. The molecule has 0 radical (unpaired) electrons. The third kappa shape index (κ3) is 4.76. The Balaban J connectivity index is 2.67. The van der Waals surface area contributed by atoms with Gasteiger partial charge in [0.2, 0.25) is 5.75 Å². The molecule has 2 N–H and O–H groups in total. The van der Waals surface area contributed by atoms with Crippen LogP contribution in [-0.2, 0) is 9.53 Å². The van der Waals surface area contributed by atoms with E-state index in [0.717, 1.165) is 0 Å². The third-order valence-corrected chi connectivity index (χ3v) is 4.32. The zero-order chi connectivity index (χ0) is 21.6. The fraction of sp³-hybridized carbons (Fsp3) is 0.474. The zero-order valence-electron chi connectivity index (χ0n) is 16.9. The van der Waals surface area contributed by atoms with Crippen LogP contribution in [0.1, 0.15) is 44.7 Å². The van der Waals surface area contributed by atoms with E-state index >= 15 is 0 Å². The van der Waals surface area contributed by atoms with E-state index in [0.29, 0.717) is 30.5 Å². The molecule has 1 unspecified atom stereocenters. The summed E-state index contributed by atoms with van der Waals surface area (Å²) >= 11 is 0. The normalized spacial score (nSPS) is 16.0. The van der Waals surface area contributed by atoms with E-state index in [4.69, 9.17) is 14.2 Å². The van der Waals surface area contributed by atoms with Gasteiger partial charge in [-0.05, 0) is 24.5 Å². The van der Waals surface area contributed by atoms with Crippen molar-refractivity contribution in [3.8, 4) is 11.5 Å². The van der Waals surface area contributed by atoms with Gasteiger partial charge in [-0.2, -0.15) is 0 Å². The number of ether oxygens (including phenoxy) is 3. The van der Waals surface area contributed by atoms with Crippen molar-refractivity contribution >= 4 is 17.7 Å². The molecule has 29 heavy (non-hydrogen) atoms. The average Bonchev–Trinajstić information content (AvgIpc) is 2.70. The van der Waals surface area contributed by atoms with Gasteiger partial charge in [-0.3, -0.25) is 10.1 Å². The first-order valence-corrected chi connectivity index (χ1v) is 9.25. The van der Waals surface area contributed by atoms with E-state index in [-0.39, 0.29) is 29.4 Å². The summed E-state index contributed by atoms with van der Waals surface area (Å²) in [5, 5.41) is 16.9. The SMILES string of the molecule is CCCOc1c(OC)cc(C2NC(=O)NC(CCC)=C2C(=O)OC)cc1[N+](=O)[O-]. The van der Waals surface area contributed by atoms with Gasteiger partial charge in [0.05, 0.1) is 37.4 Å². The molecule has 0 saturated carbocycles. The predicted octanol–water partition coefficient (Wildman–Crippen LogP) is 2.97. The van der Waals surface area contributed by atoms with Gasteiger partial charge in [-0.1, -0.05) is 20.3 Å². The minimum atomic E-state index is -0.939. The Kier molecular flexibility index (Phi) is 7.40. The number of nitrogens with zero attached hydrogens (tertiary/aromatic N) is 1. The Bertz CT molecular complexity index is 835. The maximum Gasteiger partial charge on any atom is 0.337 e. The number of carbonyl (C=O) groups excluding carboxylic acids is 2. The Hall–Kier alpha value is -3.30. The molecule has 10 heteroatoms. The first-order chi connectivity index (χ1) is 13.9. The number of allylic oxidation sites excluding steroid dienone is 1.